The van der Waals surface area contributed by atoms with Crippen molar-refractivity contribution < 1.29 is 13.2 Å². The largest absolute Gasteiger partial charge is 0.340 e. The van der Waals surface area contributed by atoms with E-state index in [1.165, 1.54) is 4.31 Å². The number of rotatable bonds is 5. The zero-order chi connectivity index (χ0) is 21.1. The van der Waals surface area contributed by atoms with Crippen LogP contribution in [0.1, 0.15) is 24.8 Å². The lowest BCUT2D eigenvalue weighted by atomic mass is 9.97. The minimum atomic E-state index is -3.57. The van der Waals surface area contributed by atoms with Gasteiger partial charge in [0.05, 0.1) is 4.90 Å². The average Bonchev–Trinajstić information content (AvgIpc) is 2.79. The lowest BCUT2D eigenvalue weighted by Gasteiger charge is -2.34. The van der Waals surface area contributed by atoms with Gasteiger partial charge in [0.15, 0.2) is 0 Å². The summed E-state index contributed by atoms with van der Waals surface area (Å²) in [5.74, 6) is 0.215. The second-order valence-electron chi connectivity index (χ2n) is 7.81. The molecule has 1 fully saturated rings. The van der Waals surface area contributed by atoms with Crippen molar-refractivity contribution in [2.45, 2.75) is 24.2 Å². The molecule has 6 heteroatoms. The normalized spacial score (nSPS) is 16.5. The SMILES string of the molecule is C[C@H](CC(=O)N1CCN(S(=O)(=O)c2ccc3ccccc3c2)CC1)c1ccccc1. The van der Waals surface area contributed by atoms with Gasteiger partial charge in [0.2, 0.25) is 15.9 Å². The average molecular weight is 423 g/mol. The number of hydrogen-bond donors (Lipinski definition) is 0. The Kier molecular flexibility index (Phi) is 5.88. The maximum Gasteiger partial charge on any atom is 0.243 e. The van der Waals surface area contributed by atoms with E-state index in [2.05, 4.69) is 0 Å². The minimum Gasteiger partial charge on any atom is -0.340 e. The first kappa shape index (κ1) is 20.6. The molecule has 3 aromatic rings. The van der Waals surface area contributed by atoms with Crippen LogP contribution in [0.15, 0.2) is 77.7 Å². The van der Waals surface area contributed by atoms with Crippen LogP contribution < -0.4 is 0 Å². The van der Waals surface area contributed by atoms with Crippen LogP contribution in [0.3, 0.4) is 0 Å². The van der Waals surface area contributed by atoms with E-state index in [4.69, 9.17) is 0 Å². The van der Waals surface area contributed by atoms with Gasteiger partial charge in [-0.25, -0.2) is 8.42 Å². The van der Waals surface area contributed by atoms with E-state index in [-0.39, 0.29) is 11.8 Å². The molecule has 1 amide bonds. The van der Waals surface area contributed by atoms with E-state index >= 15 is 0 Å². The van der Waals surface area contributed by atoms with Crippen LogP contribution in [-0.2, 0) is 14.8 Å². The monoisotopic (exact) mass is 422 g/mol. The summed E-state index contributed by atoms with van der Waals surface area (Å²) in [7, 11) is -3.57. The minimum absolute atomic E-state index is 0.0779. The van der Waals surface area contributed by atoms with Gasteiger partial charge >= 0.3 is 0 Å². The van der Waals surface area contributed by atoms with Crippen molar-refractivity contribution in [3.63, 3.8) is 0 Å². The second kappa shape index (κ2) is 8.58. The molecule has 3 aromatic carbocycles. The Morgan fingerprint density at radius 1 is 0.867 bits per heavy atom. The van der Waals surface area contributed by atoms with E-state index in [9.17, 15) is 13.2 Å². The van der Waals surface area contributed by atoms with Gasteiger partial charge in [-0.3, -0.25) is 4.79 Å². The maximum absolute atomic E-state index is 13.1. The topological polar surface area (TPSA) is 57.7 Å². The number of fused-ring (bicyclic) bond motifs is 1. The maximum atomic E-state index is 13.1. The third-order valence-corrected chi connectivity index (χ3v) is 7.69. The summed E-state index contributed by atoms with van der Waals surface area (Å²) in [5, 5.41) is 1.92. The predicted octanol–water partition coefficient (Wildman–Crippen LogP) is 3.87. The van der Waals surface area contributed by atoms with Gasteiger partial charge in [-0.05, 0) is 34.4 Å². The Labute approximate surface area is 178 Å². The number of sulfonamides is 1. The number of piperazine rings is 1. The first-order chi connectivity index (χ1) is 14.4. The first-order valence-corrected chi connectivity index (χ1v) is 11.7. The Hall–Kier alpha value is -2.70. The van der Waals surface area contributed by atoms with Gasteiger partial charge in [0.1, 0.15) is 0 Å². The molecule has 156 valence electrons. The summed E-state index contributed by atoms with van der Waals surface area (Å²) >= 11 is 0. The first-order valence-electron chi connectivity index (χ1n) is 10.3. The molecule has 1 aliphatic rings. The van der Waals surface area contributed by atoms with Crippen LogP contribution in [-0.4, -0.2) is 49.7 Å². The number of benzene rings is 3. The molecule has 30 heavy (non-hydrogen) atoms. The number of carbonyl (C=O) groups excluding carboxylic acids is 1. The molecule has 0 radical (unpaired) electrons. The van der Waals surface area contributed by atoms with Crippen LogP contribution in [0.5, 0.6) is 0 Å². The van der Waals surface area contributed by atoms with Crippen LogP contribution in [0, 0.1) is 0 Å². The zero-order valence-electron chi connectivity index (χ0n) is 17.1. The van der Waals surface area contributed by atoms with Gasteiger partial charge in [-0.15, -0.1) is 0 Å². The van der Waals surface area contributed by atoms with Gasteiger partial charge in [-0.1, -0.05) is 67.6 Å². The third-order valence-electron chi connectivity index (χ3n) is 5.80. The molecule has 0 aliphatic carbocycles. The summed E-state index contributed by atoms with van der Waals surface area (Å²) in [6.07, 6.45) is 0.432. The molecule has 4 rings (SSSR count). The molecule has 0 saturated carbocycles. The summed E-state index contributed by atoms with van der Waals surface area (Å²) in [5.41, 5.74) is 1.14. The Morgan fingerprint density at radius 2 is 1.50 bits per heavy atom. The van der Waals surface area contributed by atoms with Crippen molar-refractivity contribution in [3.8, 4) is 0 Å². The lowest BCUT2D eigenvalue weighted by molar-refractivity contribution is -0.132. The van der Waals surface area contributed by atoms with Crippen LogP contribution in [0.2, 0.25) is 0 Å². The Balaban J connectivity index is 1.40. The third kappa shape index (κ3) is 4.25. The number of hydrogen-bond acceptors (Lipinski definition) is 3. The van der Waals surface area contributed by atoms with E-state index in [1.807, 2.05) is 67.6 Å². The molecule has 0 N–H and O–H groups in total. The predicted molar refractivity (Wildman–Crippen MR) is 119 cm³/mol. The number of carbonyl (C=O) groups is 1. The fraction of sp³-hybridized carbons (Fsp3) is 0.292. The molecule has 1 atom stereocenters. The molecule has 1 aliphatic heterocycles. The highest BCUT2D eigenvalue weighted by atomic mass is 32.2. The Bertz CT molecular complexity index is 1140. The second-order valence-corrected chi connectivity index (χ2v) is 9.75. The standard InChI is InChI=1S/C24H26N2O3S/c1-19(20-7-3-2-4-8-20)17-24(27)25-13-15-26(16-14-25)30(28,29)23-12-11-21-9-5-6-10-22(21)18-23/h2-12,18-19H,13-17H2,1H3/t19-/m1/s1. The van der Waals surface area contributed by atoms with Crippen molar-refractivity contribution in [1.82, 2.24) is 9.21 Å². The molecule has 0 bridgehead atoms. The van der Waals surface area contributed by atoms with Gasteiger partial charge in [-0.2, -0.15) is 4.31 Å². The van der Waals surface area contributed by atoms with E-state index in [0.717, 1.165) is 16.3 Å². The van der Waals surface area contributed by atoms with E-state index < -0.39 is 10.0 Å². The highest BCUT2D eigenvalue weighted by Gasteiger charge is 2.30. The van der Waals surface area contributed by atoms with Crippen molar-refractivity contribution >= 4 is 26.7 Å². The highest BCUT2D eigenvalue weighted by Crippen LogP contribution is 2.24. The molecular weight excluding hydrogens is 396 g/mol. The van der Waals surface area contributed by atoms with Crippen molar-refractivity contribution in [2.24, 2.45) is 0 Å². The summed E-state index contributed by atoms with van der Waals surface area (Å²) in [6.45, 7) is 3.54. The van der Waals surface area contributed by atoms with Crippen molar-refractivity contribution in [2.75, 3.05) is 26.2 Å². The number of amides is 1. The summed E-state index contributed by atoms with van der Waals surface area (Å²) < 4.78 is 27.7. The number of nitrogens with zero attached hydrogens (tertiary/aromatic N) is 2. The molecule has 0 aromatic heterocycles. The van der Waals surface area contributed by atoms with Gasteiger partial charge in [0, 0.05) is 32.6 Å². The van der Waals surface area contributed by atoms with Gasteiger partial charge < -0.3 is 4.90 Å². The quantitative estimate of drug-likeness (QED) is 0.627. The molecule has 1 heterocycles. The smallest absolute Gasteiger partial charge is 0.243 e. The van der Waals surface area contributed by atoms with Crippen molar-refractivity contribution in [1.29, 1.82) is 0 Å². The highest BCUT2D eigenvalue weighted by molar-refractivity contribution is 7.89. The zero-order valence-corrected chi connectivity index (χ0v) is 17.9. The fourth-order valence-corrected chi connectivity index (χ4v) is 5.40. The van der Waals surface area contributed by atoms with Crippen LogP contribution in [0.25, 0.3) is 10.8 Å². The van der Waals surface area contributed by atoms with E-state index in [1.54, 1.807) is 17.0 Å². The summed E-state index contributed by atoms with van der Waals surface area (Å²) in [4.78, 5) is 14.8. The Morgan fingerprint density at radius 3 is 2.20 bits per heavy atom. The summed E-state index contributed by atoms with van der Waals surface area (Å²) in [6, 6.07) is 22.9. The molecule has 0 spiro atoms. The van der Waals surface area contributed by atoms with Crippen LogP contribution >= 0.6 is 0 Å². The van der Waals surface area contributed by atoms with Crippen molar-refractivity contribution in [3.05, 3.63) is 78.4 Å². The van der Waals surface area contributed by atoms with Gasteiger partial charge in [0.25, 0.3) is 0 Å². The molecule has 1 saturated heterocycles. The fourth-order valence-electron chi connectivity index (χ4n) is 3.95. The molecular formula is C24H26N2O3S. The lowest BCUT2D eigenvalue weighted by Crippen LogP contribution is -2.50. The van der Waals surface area contributed by atoms with Crippen LogP contribution in [0.4, 0.5) is 0 Å². The van der Waals surface area contributed by atoms with E-state index in [0.29, 0.717) is 37.5 Å². The molecule has 5 nitrogen and oxygen atoms in total. The molecule has 0 unspecified atom stereocenters.